The number of para-hydroxylation sites is 1. The highest BCUT2D eigenvalue weighted by Crippen LogP contribution is 2.37. The Morgan fingerprint density at radius 3 is 2.15 bits per heavy atom. The summed E-state index contributed by atoms with van der Waals surface area (Å²) < 4.78 is 44.6. The van der Waals surface area contributed by atoms with Crippen LogP contribution < -0.4 is 5.73 Å². The topological polar surface area (TPSA) is 85.0 Å². The molecule has 208 valence electrons. The fourth-order valence-electron chi connectivity index (χ4n) is 4.50. The van der Waals surface area contributed by atoms with Crippen LogP contribution in [0.2, 0.25) is 10.0 Å². The number of alkyl halides is 3. The maximum atomic E-state index is 13.4. The third kappa shape index (κ3) is 6.48. The number of hydrogen-bond acceptors (Lipinski definition) is 5. The van der Waals surface area contributed by atoms with E-state index < -0.39 is 23.8 Å². The molecule has 0 aliphatic carbocycles. The van der Waals surface area contributed by atoms with Crippen molar-refractivity contribution in [2.45, 2.75) is 12.1 Å². The van der Waals surface area contributed by atoms with Crippen LogP contribution in [-0.4, -0.2) is 48.9 Å². The van der Waals surface area contributed by atoms with Gasteiger partial charge in [0.1, 0.15) is 5.70 Å². The molecule has 1 unspecified atom stereocenters. The van der Waals surface area contributed by atoms with E-state index in [4.69, 9.17) is 33.7 Å². The number of benzene rings is 3. The van der Waals surface area contributed by atoms with Gasteiger partial charge in [0, 0.05) is 35.2 Å². The minimum Gasteiger partial charge on any atom is -0.469 e. The van der Waals surface area contributed by atoms with Crippen LogP contribution in [0.5, 0.6) is 0 Å². The fourth-order valence-corrected chi connectivity index (χ4v) is 4.95. The molecule has 6 nitrogen and oxygen atoms in total. The number of carbonyl (C=O) groups excluding carboxylic acids is 2. The number of amides is 1. The van der Waals surface area contributed by atoms with Crippen molar-refractivity contribution in [1.29, 1.82) is 0 Å². The van der Waals surface area contributed by atoms with Gasteiger partial charge in [-0.05, 0) is 42.0 Å². The molecular weight excluding hydrogens is 566 g/mol. The summed E-state index contributed by atoms with van der Waals surface area (Å²) in [4.78, 5) is 31.8. The fraction of sp³-hybridized carbons (Fsp3) is 0.207. The van der Waals surface area contributed by atoms with Gasteiger partial charge in [0.25, 0.3) is 5.91 Å². The summed E-state index contributed by atoms with van der Waals surface area (Å²) in [6, 6.07) is 19.4. The average molecular weight is 590 g/mol. The molecule has 0 radical (unpaired) electrons. The Morgan fingerprint density at radius 1 is 0.950 bits per heavy atom. The predicted octanol–water partition coefficient (Wildman–Crippen LogP) is 6.55. The summed E-state index contributed by atoms with van der Waals surface area (Å²) >= 11 is 12.5. The van der Waals surface area contributed by atoms with Crippen LogP contribution in [0.1, 0.15) is 27.4 Å². The molecule has 1 amide bonds. The van der Waals surface area contributed by atoms with Crippen molar-refractivity contribution >= 4 is 46.5 Å². The van der Waals surface area contributed by atoms with E-state index in [9.17, 15) is 22.8 Å². The Kier molecular flexibility index (Phi) is 8.85. The molecule has 1 aliphatic heterocycles. The molecule has 3 aromatic rings. The van der Waals surface area contributed by atoms with Crippen molar-refractivity contribution in [1.82, 2.24) is 4.90 Å². The van der Waals surface area contributed by atoms with Crippen LogP contribution >= 0.6 is 23.2 Å². The summed E-state index contributed by atoms with van der Waals surface area (Å²) in [5.74, 6) is -1.79. The van der Waals surface area contributed by atoms with Crippen molar-refractivity contribution < 1.29 is 27.5 Å². The van der Waals surface area contributed by atoms with Gasteiger partial charge in [0.05, 0.1) is 29.4 Å². The van der Waals surface area contributed by atoms with Gasteiger partial charge in [-0.2, -0.15) is 13.2 Å². The van der Waals surface area contributed by atoms with Crippen molar-refractivity contribution in [2.24, 2.45) is 16.6 Å². The Labute approximate surface area is 238 Å². The molecular formula is C29H24Cl2F3N3O3. The lowest BCUT2D eigenvalue weighted by atomic mass is 9.89. The van der Waals surface area contributed by atoms with Crippen LogP contribution in [-0.2, 0) is 9.53 Å². The van der Waals surface area contributed by atoms with Crippen LogP contribution in [0, 0.1) is 5.92 Å². The quantitative estimate of drug-likeness (QED) is 0.261. The molecule has 40 heavy (non-hydrogen) atoms. The van der Waals surface area contributed by atoms with E-state index in [2.05, 4.69) is 4.99 Å². The lowest BCUT2D eigenvalue weighted by Gasteiger charge is -2.18. The zero-order valence-corrected chi connectivity index (χ0v) is 22.7. The van der Waals surface area contributed by atoms with Gasteiger partial charge in [-0.1, -0.05) is 65.7 Å². The van der Waals surface area contributed by atoms with Gasteiger partial charge in [-0.25, -0.2) is 4.99 Å². The first-order valence-electron chi connectivity index (χ1n) is 12.1. The molecule has 0 aromatic heterocycles. The molecule has 0 bridgehead atoms. The predicted molar refractivity (Wildman–Crippen MR) is 148 cm³/mol. The molecule has 1 heterocycles. The van der Waals surface area contributed by atoms with E-state index in [-0.39, 0.29) is 52.5 Å². The van der Waals surface area contributed by atoms with E-state index in [1.54, 1.807) is 42.5 Å². The minimum absolute atomic E-state index is 0.0902. The third-order valence-corrected chi connectivity index (χ3v) is 7.22. The van der Waals surface area contributed by atoms with Gasteiger partial charge in [-0.3, -0.25) is 9.59 Å². The molecule has 1 fully saturated rings. The summed E-state index contributed by atoms with van der Waals surface area (Å²) in [6.07, 6.45) is -4.04. The van der Waals surface area contributed by atoms with E-state index in [0.29, 0.717) is 5.02 Å². The molecule has 4 rings (SSSR count). The highest BCUT2D eigenvalue weighted by molar-refractivity contribution is 6.33. The number of carbonyl (C=O) groups is 2. The zero-order valence-electron chi connectivity index (χ0n) is 21.2. The summed E-state index contributed by atoms with van der Waals surface area (Å²) in [5, 5.41) is 0.727. The second kappa shape index (κ2) is 12.1. The molecule has 0 saturated carbocycles. The van der Waals surface area contributed by atoms with Gasteiger partial charge >= 0.3 is 12.1 Å². The second-order valence-electron chi connectivity index (χ2n) is 9.09. The van der Waals surface area contributed by atoms with Gasteiger partial charge in [-0.15, -0.1) is 0 Å². The van der Waals surface area contributed by atoms with Crippen LogP contribution in [0.15, 0.2) is 89.6 Å². The van der Waals surface area contributed by atoms with Gasteiger partial charge in [0.15, 0.2) is 0 Å². The second-order valence-corrected chi connectivity index (χ2v) is 9.91. The number of esters is 1. The van der Waals surface area contributed by atoms with E-state index >= 15 is 0 Å². The molecule has 2 atom stereocenters. The Balaban J connectivity index is 1.64. The highest BCUT2D eigenvalue weighted by atomic mass is 35.5. The van der Waals surface area contributed by atoms with Gasteiger partial charge < -0.3 is 15.4 Å². The zero-order chi connectivity index (χ0) is 29.0. The average Bonchev–Trinajstić information content (AvgIpc) is 3.38. The molecule has 11 heteroatoms. The van der Waals surface area contributed by atoms with Crippen molar-refractivity contribution in [2.75, 3.05) is 20.2 Å². The summed E-state index contributed by atoms with van der Waals surface area (Å²) in [7, 11) is 1.29. The van der Waals surface area contributed by atoms with Crippen LogP contribution in [0.25, 0.3) is 0 Å². The third-order valence-electron chi connectivity index (χ3n) is 6.56. The Hall–Kier alpha value is -3.82. The number of halogens is 5. The van der Waals surface area contributed by atoms with Crippen molar-refractivity contribution in [3.8, 4) is 0 Å². The lowest BCUT2D eigenvalue weighted by Crippen LogP contribution is -2.30. The van der Waals surface area contributed by atoms with E-state index in [1.807, 2.05) is 6.07 Å². The molecule has 1 aliphatic rings. The largest absolute Gasteiger partial charge is 0.469 e. The van der Waals surface area contributed by atoms with Gasteiger partial charge in [0.2, 0.25) is 0 Å². The molecule has 0 spiro atoms. The smallest absolute Gasteiger partial charge is 0.430 e. The number of rotatable bonds is 6. The molecule has 1 saturated heterocycles. The number of ether oxygens (including phenoxy) is 1. The summed E-state index contributed by atoms with van der Waals surface area (Å²) in [6.45, 7) is 0.349. The number of nitrogens with zero attached hydrogens (tertiary/aromatic N) is 2. The maximum Gasteiger partial charge on any atom is 0.430 e. The number of hydrogen-bond donors (Lipinski definition) is 1. The molecule has 3 aromatic carbocycles. The minimum atomic E-state index is -4.76. The highest BCUT2D eigenvalue weighted by Gasteiger charge is 2.42. The maximum absolute atomic E-state index is 13.4. The number of likely N-dealkylation sites (tertiary alicyclic amines) is 1. The van der Waals surface area contributed by atoms with E-state index in [1.165, 1.54) is 36.3 Å². The lowest BCUT2D eigenvalue weighted by molar-refractivity contribution is -0.145. The monoisotopic (exact) mass is 589 g/mol. The first-order chi connectivity index (χ1) is 19.0. The van der Waals surface area contributed by atoms with Crippen molar-refractivity contribution in [3.63, 3.8) is 0 Å². The first kappa shape index (κ1) is 29.2. The standard InChI is InChI=1S/C29H24Cl2F3N3O3/c1-40-28(39)21-16-37(15-20(21)19-6-2-3-7-22(19)30)27(38)18-12-10-17(11-13-18)25(14-26(35)29(32,33)34)36-24-9-5-4-8-23(24)31/h2-14,20-21H,15-16,35H2,1H3/t20?,21-/m1/s1. The van der Waals surface area contributed by atoms with Crippen molar-refractivity contribution in [3.05, 3.63) is 111 Å². The SMILES string of the molecule is COC(=O)[C@@H]1CN(C(=O)c2ccc(C(C=C(N)C(F)(F)F)=Nc3ccccc3Cl)cc2)CC1c1ccccc1Cl. The summed E-state index contributed by atoms with van der Waals surface area (Å²) in [5.41, 5.74) is 5.39. The Morgan fingerprint density at radius 2 is 1.55 bits per heavy atom. The molecule has 2 N–H and O–H groups in total. The normalized spacial score (nSPS) is 18.1. The van der Waals surface area contributed by atoms with E-state index in [0.717, 1.165) is 11.6 Å². The number of allylic oxidation sites excluding steroid dienone is 2. The van der Waals surface area contributed by atoms with Crippen LogP contribution in [0.3, 0.4) is 0 Å². The first-order valence-corrected chi connectivity index (χ1v) is 12.8. The van der Waals surface area contributed by atoms with Crippen LogP contribution in [0.4, 0.5) is 18.9 Å². The number of nitrogens with two attached hydrogens (primary N) is 1. The number of aliphatic imine (C=N–C) groups is 1. The Bertz CT molecular complexity index is 1470. The number of methoxy groups -OCH3 is 1.